The van der Waals surface area contributed by atoms with E-state index in [4.69, 9.17) is 14.2 Å². The Bertz CT molecular complexity index is 915. The number of hydrogen-bond donors (Lipinski definition) is 0. The van der Waals surface area contributed by atoms with E-state index in [9.17, 15) is 19.5 Å². The van der Waals surface area contributed by atoms with E-state index in [0.29, 0.717) is 12.8 Å². The topological polar surface area (TPSA) is 102 Å². The van der Waals surface area contributed by atoms with Gasteiger partial charge < -0.3 is 28.6 Å². The normalized spacial score (nSPS) is 13.0. The van der Waals surface area contributed by atoms with Crippen LogP contribution >= 0.6 is 0 Å². The highest BCUT2D eigenvalue weighted by Gasteiger charge is 2.25. The predicted molar refractivity (Wildman–Crippen MR) is 227 cm³/mol. The van der Waals surface area contributed by atoms with Crippen molar-refractivity contribution >= 4 is 17.9 Å². The Balaban J connectivity index is 4.26. The van der Waals surface area contributed by atoms with Crippen LogP contribution in [0.4, 0.5) is 0 Å². The SMILES string of the molecule is CCCCCCCC/C=C\CCCCCCCCCCCC(=O)OC(COCCC(C(=O)[O-])[N+](C)(C)C)COC(=O)CCCCCCCCCCCCCC. The van der Waals surface area contributed by atoms with E-state index in [1.54, 1.807) is 21.1 Å². The molecule has 0 radical (unpaired) electrons. The minimum Gasteiger partial charge on any atom is -0.544 e. The number of likely N-dealkylation sites (N-methyl/N-ethyl adjacent to an activating group) is 1. The van der Waals surface area contributed by atoms with Crippen molar-refractivity contribution in [1.29, 1.82) is 0 Å². The van der Waals surface area contributed by atoms with Crippen LogP contribution in [0.2, 0.25) is 0 Å². The van der Waals surface area contributed by atoms with Crippen LogP contribution in [0.1, 0.15) is 219 Å². The monoisotopic (exact) mass is 780 g/mol. The molecule has 8 nitrogen and oxygen atoms in total. The standard InChI is InChI=1S/C47H89NO7/c1-6-8-10-12-14-16-18-20-21-22-23-24-25-26-28-30-32-34-36-38-46(50)55-43(41-53-40-39-44(47(51)52)48(3,4)5)42-54-45(49)37-35-33-31-29-27-19-17-15-13-11-9-7-2/h20-21,43-44H,6-19,22-42H2,1-5H3/b21-20-. The largest absolute Gasteiger partial charge is 0.544 e. The summed E-state index contributed by atoms with van der Waals surface area (Å²) in [7, 11) is 5.42. The Morgan fingerprint density at radius 3 is 1.31 bits per heavy atom. The number of hydrogen-bond acceptors (Lipinski definition) is 7. The van der Waals surface area contributed by atoms with Crippen LogP contribution in [0.25, 0.3) is 0 Å². The van der Waals surface area contributed by atoms with Gasteiger partial charge in [-0.1, -0.05) is 174 Å². The van der Waals surface area contributed by atoms with Gasteiger partial charge in [0.15, 0.2) is 6.10 Å². The highest BCUT2D eigenvalue weighted by molar-refractivity contribution is 5.70. The summed E-state index contributed by atoms with van der Waals surface area (Å²) in [5.41, 5.74) is 0. The van der Waals surface area contributed by atoms with Crippen molar-refractivity contribution in [2.45, 2.75) is 231 Å². The van der Waals surface area contributed by atoms with Crippen LogP contribution in [0.5, 0.6) is 0 Å². The summed E-state index contributed by atoms with van der Waals surface area (Å²) in [5.74, 6) is -1.72. The number of carboxylic acids is 1. The summed E-state index contributed by atoms with van der Waals surface area (Å²) in [6, 6.07) is -0.721. The van der Waals surface area contributed by atoms with Gasteiger partial charge in [-0.25, -0.2) is 0 Å². The average Bonchev–Trinajstić information content (AvgIpc) is 3.14. The summed E-state index contributed by atoms with van der Waals surface area (Å²) in [5, 5.41) is 11.6. The zero-order valence-corrected chi connectivity index (χ0v) is 36.9. The summed E-state index contributed by atoms with van der Waals surface area (Å²) in [6.07, 6.45) is 40.9. The fourth-order valence-corrected chi connectivity index (χ4v) is 7.01. The number of aliphatic carboxylic acids is 1. The summed E-state index contributed by atoms with van der Waals surface area (Å²) in [6.45, 7) is 4.68. The zero-order chi connectivity index (χ0) is 40.7. The number of esters is 2. The second-order valence-corrected chi connectivity index (χ2v) is 17.0. The number of nitrogens with zero attached hydrogens (tertiary/aromatic N) is 1. The van der Waals surface area contributed by atoms with Gasteiger partial charge in [0.2, 0.25) is 0 Å². The Morgan fingerprint density at radius 1 is 0.527 bits per heavy atom. The molecular weight excluding hydrogens is 691 g/mol. The highest BCUT2D eigenvalue weighted by atomic mass is 16.6. The molecule has 55 heavy (non-hydrogen) atoms. The first-order chi connectivity index (χ1) is 26.6. The molecule has 0 fully saturated rings. The number of quaternary nitrogens is 1. The summed E-state index contributed by atoms with van der Waals surface area (Å²) in [4.78, 5) is 36.8. The van der Waals surface area contributed by atoms with Crippen molar-refractivity contribution in [3.05, 3.63) is 12.2 Å². The molecule has 0 heterocycles. The Kier molecular flexibility index (Phi) is 37.6. The van der Waals surface area contributed by atoms with Gasteiger partial charge in [-0.15, -0.1) is 0 Å². The quantitative estimate of drug-likeness (QED) is 0.0263. The number of carbonyl (C=O) groups is 3. The van der Waals surface area contributed by atoms with Crippen LogP contribution in [-0.4, -0.2) is 75.5 Å². The molecular formula is C47H89NO7. The molecule has 0 saturated heterocycles. The van der Waals surface area contributed by atoms with E-state index in [1.807, 2.05) is 0 Å². The Labute approximate surface area is 339 Å². The number of ether oxygens (including phenoxy) is 3. The van der Waals surface area contributed by atoms with E-state index in [0.717, 1.165) is 38.5 Å². The van der Waals surface area contributed by atoms with Crippen molar-refractivity contribution in [3.63, 3.8) is 0 Å². The molecule has 0 amide bonds. The number of carbonyl (C=O) groups excluding carboxylic acids is 3. The third kappa shape index (κ3) is 37.4. The molecule has 2 unspecified atom stereocenters. The second kappa shape index (κ2) is 38.9. The van der Waals surface area contributed by atoms with Crippen molar-refractivity contribution in [3.8, 4) is 0 Å². The summed E-state index contributed by atoms with van der Waals surface area (Å²) >= 11 is 0. The van der Waals surface area contributed by atoms with Gasteiger partial charge >= 0.3 is 11.9 Å². The van der Waals surface area contributed by atoms with Crippen molar-refractivity contribution in [2.24, 2.45) is 0 Å². The number of unbranched alkanes of at least 4 members (excludes halogenated alkanes) is 26. The molecule has 0 aliphatic carbocycles. The molecule has 0 spiro atoms. The van der Waals surface area contributed by atoms with Crippen LogP contribution in [-0.2, 0) is 28.6 Å². The lowest BCUT2D eigenvalue weighted by atomic mass is 10.0. The van der Waals surface area contributed by atoms with Gasteiger partial charge in [0, 0.05) is 19.3 Å². The van der Waals surface area contributed by atoms with Crippen LogP contribution < -0.4 is 5.11 Å². The third-order valence-electron chi connectivity index (χ3n) is 10.7. The van der Waals surface area contributed by atoms with Gasteiger partial charge in [-0.2, -0.15) is 0 Å². The minimum atomic E-state index is -1.12. The van der Waals surface area contributed by atoms with E-state index >= 15 is 0 Å². The third-order valence-corrected chi connectivity index (χ3v) is 10.7. The maximum atomic E-state index is 12.7. The van der Waals surface area contributed by atoms with Crippen LogP contribution in [0, 0.1) is 0 Å². The first-order valence-corrected chi connectivity index (χ1v) is 23.2. The van der Waals surface area contributed by atoms with Crippen molar-refractivity contribution in [1.82, 2.24) is 0 Å². The molecule has 324 valence electrons. The fourth-order valence-electron chi connectivity index (χ4n) is 7.01. The first kappa shape index (κ1) is 53.1. The molecule has 0 aliphatic rings. The Hall–Kier alpha value is -1.93. The molecule has 0 saturated carbocycles. The van der Waals surface area contributed by atoms with Gasteiger partial charge in [-0.05, 0) is 38.5 Å². The number of carboxylic acid groups (broad SMARTS) is 1. The molecule has 0 aromatic carbocycles. The Morgan fingerprint density at radius 2 is 0.909 bits per heavy atom. The minimum absolute atomic E-state index is 0.0457. The molecule has 8 heteroatoms. The molecule has 0 bridgehead atoms. The summed E-state index contributed by atoms with van der Waals surface area (Å²) < 4.78 is 17.2. The first-order valence-electron chi connectivity index (χ1n) is 23.2. The predicted octanol–water partition coefficient (Wildman–Crippen LogP) is 11.4. The van der Waals surface area contributed by atoms with E-state index in [-0.39, 0.29) is 42.7 Å². The maximum Gasteiger partial charge on any atom is 0.306 e. The van der Waals surface area contributed by atoms with Gasteiger partial charge in [0.25, 0.3) is 0 Å². The molecule has 0 rings (SSSR count). The second-order valence-electron chi connectivity index (χ2n) is 17.0. The average molecular weight is 780 g/mol. The van der Waals surface area contributed by atoms with E-state index in [2.05, 4.69) is 26.0 Å². The van der Waals surface area contributed by atoms with Gasteiger partial charge in [0.1, 0.15) is 12.6 Å². The van der Waals surface area contributed by atoms with Gasteiger partial charge in [0.05, 0.1) is 40.3 Å². The molecule has 0 aromatic heterocycles. The smallest absolute Gasteiger partial charge is 0.306 e. The van der Waals surface area contributed by atoms with Crippen LogP contribution in [0.3, 0.4) is 0 Å². The van der Waals surface area contributed by atoms with Crippen molar-refractivity contribution in [2.75, 3.05) is 41.0 Å². The lowest BCUT2D eigenvalue weighted by molar-refractivity contribution is -0.889. The van der Waals surface area contributed by atoms with E-state index in [1.165, 1.54) is 148 Å². The number of allylic oxidation sites excluding steroid dienone is 2. The van der Waals surface area contributed by atoms with E-state index < -0.39 is 18.1 Å². The zero-order valence-electron chi connectivity index (χ0n) is 36.9. The molecule has 0 N–H and O–H groups in total. The molecule has 2 atom stereocenters. The van der Waals surface area contributed by atoms with Crippen molar-refractivity contribution < 1.29 is 38.2 Å². The number of rotatable bonds is 42. The highest BCUT2D eigenvalue weighted by Crippen LogP contribution is 2.15. The maximum absolute atomic E-state index is 12.7. The van der Waals surface area contributed by atoms with Gasteiger partial charge in [-0.3, -0.25) is 9.59 Å². The lowest BCUT2D eigenvalue weighted by Gasteiger charge is -2.34. The molecule has 0 aromatic rings. The molecule has 0 aliphatic heterocycles. The van der Waals surface area contributed by atoms with Crippen LogP contribution in [0.15, 0.2) is 12.2 Å². The lowest BCUT2D eigenvalue weighted by Crippen LogP contribution is -2.55. The fraction of sp³-hybridized carbons (Fsp3) is 0.894.